The molecule has 0 bridgehead atoms. The molecule has 1 aromatic rings. The number of hydrogen-bond donors (Lipinski definition) is 2. The van der Waals surface area contributed by atoms with Crippen LogP contribution >= 0.6 is 0 Å². The van der Waals surface area contributed by atoms with Crippen LogP contribution in [-0.4, -0.2) is 36.8 Å². The van der Waals surface area contributed by atoms with Gasteiger partial charge in [0, 0.05) is 32.9 Å². The van der Waals surface area contributed by atoms with E-state index in [1.54, 1.807) is 13.4 Å². The number of hydrogen-bond acceptors (Lipinski definition) is 5. The van der Waals surface area contributed by atoms with Crippen LogP contribution in [0.2, 0.25) is 0 Å². The van der Waals surface area contributed by atoms with E-state index < -0.39 is 0 Å². The SMILES string of the molecule is CCCNc1cc(NCCCCCOC)ncn1. The van der Waals surface area contributed by atoms with Gasteiger partial charge in [0.15, 0.2) is 0 Å². The summed E-state index contributed by atoms with van der Waals surface area (Å²) in [7, 11) is 1.74. The number of aromatic nitrogens is 2. The number of unbranched alkanes of at least 4 members (excludes halogenated alkanes) is 2. The van der Waals surface area contributed by atoms with Gasteiger partial charge in [-0.2, -0.15) is 0 Å². The Hall–Kier alpha value is -1.36. The van der Waals surface area contributed by atoms with Crippen LogP contribution in [0.4, 0.5) is 11.6 Å². The highest BCUT2D eigenvalue weighted by atomic mass is 16.5. The maximum absolute atomic E-state index is 5.01. The second-order valence-corrected chi connectivity index (χ2v) is 4.20. The normalized spacial score (nSPS) is 10.3. The molecule has 18 heavy (non-hydrogen) atoms. The molecule has 0 saturated carbocycles. The van der Waals surface area contributed by atoms with Crippen LogP contribution in [0.25, 0.3) is 0 Å². The van der Waals surface area contributed by atoms with E-state index in [2.05, 4.69) is 27.5 Å². The first-order chi connectivity index (χ1) is 8.86. The lowest BCUT2D eigenvalue weighted by molar-refractivity contribution is 0.192. The predicted octanol–water partition coefficient (Wildman–Crippen LogP) is 2.53. The van der Waals surface area contributed by atoms with Crippen LogP contribution in [-0.2, 0) is 4.74 Å². The molecule has 0 unspecified atom stereocenters. The zero-order valence-electron chi connectivity index (χ0n) is 11.4. The van der Waals surface area contributed by atoms with Gasteiger partial charge in [0.25, 0.3) is 0 Å². The Kier molecular flexibility index (Phi) is 7.88. The monoisotopic (exact) mass is 252 g/mol. The standard InChI is InChI=1S/C13H24N4O/c1-3-7-14-12-10-13(17-11-16-12)15-8-5-4-6-9-18-2/h10-11H,3-9H2,1-2H3,(H2,14,15,16,17). The summed E-state index contributed by atoms with van der Waals surface area (Å²) in [6.07, 6.45) is 6.10. The lowest BCUT2D eigenvalue weighted by atomic mass is 10.2. The first-order valence-corrected chi connectivity index (χ1v) is 6.65. The highest BCUT2D eigenvalue weighted by Gasteiger charge is 1.97. The van der Waals surface area contributed by atoms with Crippen LogP contribution in [0.15, 0.2) is 12.4 Å². The summed E-state index contributed by atoms with van der Waals surface area (Å²) in [5.74, 6) is 1.77. The van der Waals surface area contributed by atoms with Gasteiger partial charge in [0.1, 0.15) is 18.0 Å². The maximum Gasteiger partial charge on any atom is 0.131 e. The Balaban J connectivity index is 2.20. The van der Waals surface area contributed by atoms with Crippen molar-refractivity contribution in [3.63, 3.8) is 0 Å². The van der Waals surface area contributed by atoms with Crippen molar-refractivity contribution in [3.8, 4) is 0 Å². The van der Waals surface area contributed by atoms with Gasteiger partial charge >= 0.3 is 0 Å². The van der Waals surface area contributed by atoms with E-state index in [-0.39, 0.29) is 0 Å². The minimum absolute atomic E-state index is 0.846. The smallest absolute Gasteiger partial charge is 0.131 e. The maximum atomic E-state index is 5.01. The van der Waals surface area contributed by atoms with Crippen LogP contribution in [0.5, 0.6) is 0 Å². The molecular weight excluding hydrogens is 228 g/mol. The highest BCUT2D eigenvalue weighted by Crippen LogP contribution is 2.08. The fourth-order valence-electron chi connectivity index (χ4n) is 1.57. The number of rotatable bonds is 10. The lowest BCUT2D eigenvalue weighted by Gasteiger charge is -2.07. The zero-order chi connectivity index (χ0) is 13.1. The van der Waals surface area contributed by atoms with Crippen LogP contribution in [0.1, 0.15) is 32.6 Å². The van der Waals surface area contributed by atoms with Crippen molar-refractivity contribution in [1.82, 2.24) is 9.97 Å². The third kappa shape index (κ3) is 6.39. The molecule has 1 aromatic heterocycles. The van der Waals surface area contributed by atoms with Crippen LogP contribution in [0, 0.1) is 0 Å². The molecule has 1 rings (SSSR count). The van der Waals surface area contributed by atoms with E-state index in [9.17, 15) is 0 Å². The lowest BCUT2D eigenvalue weighted by Crippen LogP contribution is -2.06. The van der Waals surface area contributed by atoms with Gasteiger partial charge in [0.05, 0.1) is 0 Å². The minimum Gasteiger partial charge on any atom is -0.385 e. The molecule has 5 nitrogen and oxygen atoms in total. The van der Waals surface area contributed by atoms with E-state index in [1.165, 1.54) is 6.42 Å². The molecule has 0 radical (unpaired) electrons. The Labute approximate surface area is 109 Å². The molecule has 5 heteroatoms. The summed E-state index contributed by atoms with van der Waals surface area (Å²) in [6.45, 7) is 4.85. The molecule has 0 amide bonds. The third-order valence-electron chi connectivity index (χ3n) is 2.55. The molecule has 0 atom stereocenters. The summed E-state index contributed by atoms with van der Waals surface area (Å²) >= 11 is 0. The van der Waals surface area contributed by atoms with Gasteiger partial charge in [-0.05, 0) is 25.7 Å². The second-order valence-electron chi connectivity index (χ2n) is 4.20. The summed E-state index contributed by atoms with van der Waals surface area (Å²) < 4.78 is 5.01. The molecule has 0 aliphatic rings. The second kappa shape index (κ2) is 9.65. The minimum atomic E-state index is 0.846. The molecular formula is C13H24N4O. The molecule has 1 heterocycles. The summed E-state index contributed by atoms with van der Waals surface area (Å²) in [5, 5.41) is 6.55. The predicted molar refractivity (Wildman–Crippen MR) is 75.0 cm³/mol. The zero-order valence-corrected chi connectivity index (χ0v) is 11.4. The third-order valence-corrected chi connectivity index (χ3v) is 2.55. The average Bonchev–Trinajstić information content (AvgIpc) is 2.41. The van der Waals surface area contributed by atoms with Crippen LogP contribution < -0.4 is 10.6 Å². The van der Waals surface area contributed by atoms with Crippen molar-refractivity contribution in [1.29, 1.82) is 0 Å². The number of ether oxygens (including phenoxy) is 1. The quantitative estimate of drug-likeness (QED) is 0.627. The van der Waals surface area contributed by atoms with E-state index in [1.807, 2.05) is 6.07 Å². The van der Waals surface area contributed by atoms with E-state index in [4.69, 9.17) is 4.74 Å². The Morgan fingerprint density at radius 2 is 1.78 bits per heavy atom. The van der Waals surface area contributed by atoms with E-state index >= 15 is 0 Å². The van der Waals surface area contributed by atoms with Crippen molar-refractivity contribution in [2.24, 2.45) is 0 Å². The number of nitrogens with zero attached hydrogens (tertiary/aromatic N) is 2. The fourth-order valence-corrected chi connectivity index (χ4v) is 1.57. The van der Waals surface area contributed by atoms with Crippen LogP contribution in [0.3, 0.4) is 0 Å². The van der Waals surface area contributed by atoms with Crippen molar-refractivity contribution >= 4 is 11.6 Å². The molecule has 0 fully saturated rings. The van der Waals surface area contributed by atoms with Crippen molar-refractivity contribution in [3.05, 3.63) is 12.4 Å². The van der Waals surface area contributed by atoms with Crippen molar-refractivity contribution in [2.75, 3.05) is 37.4 Å². The van der Waals surface area contributed by atoms with Gasteiger partial charge in [-0.3, -0.25) is 0 Å². The molecule has 2 N–H and O–H groups in total. The molecule has 0 spiro atoms. The molecule has 102 valence electrons. The fraction of sp³-hybridized carbons (Fsp3) is 0.692. The van der Waals surface area contributed by atoms with E-state index in [0.29, 0.717) is 0 Å². The molecule has 0 aromatic carbocycles. The largest absolute Gasteiger partial charge is 0.385 e. The Bertz CT molecular complexity index is 320. The van der Waals surface area contributed by atoms with Crippen molar-refractivity contribution < 1.29 is 4.74 Å². The number of anilines is 2. The Morgan fingerprint density at radius 3 is 2.44 bits per heavy atom. The number of methoxy groups -OCH3 is 1. The molecule has 0 aliphatic carbocycles. The van der Waals surface area contributed by atoms with Gasteiger partial charge in [-0.1, -0.05) is 6.92 Å². The van der Waals surface area contributed by atoms with Crippen molar-refractivity contribution in [2.45, 2.75) is 32.6 Å². The first-order valence-electron chi connectivity index (χ1n) is 6.65. The van der Waals surface area contributed by atoms with Gasteiger partial charge in [-0.15, -0.1) is 0 Å². The molecule has 0 aliphatic heterocycles. The van der Waals surface area contributed by atoms with Gasteiger partial charge in [-0.25, -0.2) is 9.97 Å². The summed E-state index contributed by atoms with van der Waals surface area (Å²) in [6, 6.07) is 1.95. The van der Waals surface area contributed by atoms with Gasteiger partial charge in [0.2, 0.25) is 0 Å². The average molecular weight is 252 g/mol. The van der Waals surface area contributed by atoms with E-state index in [0.717, 1.165) is 50.6 Å². The Morgan fingerprint density at radius 1 is 1.06 bits per heavy atom. The summed E-state index contributed by atoms with van der Waals surface area (Å²) in [5.41, 5.74) is 0. The van der Waals surface area contributed by atoms with Gasteiger partial charge < -0.3 is 15.4 Å². The highest BCUT2D eigenvalue weighted by molar-refractivity contribution is 5.46. The summed E-state index contributed by atoms with van der Waals surface area (Å²) in [4.78, 5) is 8.36. The molecule has 0 saturated heterocycles. The first kappa shape index (κ1) is 14.7. The number of nitrogens with one attached hydrogen (secondary N) is 2. The topological polar surface area (TPSA) is 59.1 Å².